The number of fused-ring (bicyclic) bond motifs is 9. The predicted molar refractivity (Wildman–Crippen MR) is 226 cm³/mol. The summed E-state index contributed by atoms with van der Waals surface area (Å²) >= 11 is 0. The molecule has 254 valence electrons. The molecule has 0 saturated carbocycles. The van der Waals surface area contributed by atoms with Crippen LogP contribution >= 0.6 is 0 Å². The highest BCUT2D eigenvalue weighted by molar-refractivity contribution is 6.13. The fourth-order valence-corrected chi connectivity index (χ4v) is 8.67. The van der Waals surface area contributed by atoms with Gasteiger partial charge in [-0.05, 0) is 89.3 Å². The van der Waals surface area contributed by atoms with Crippen LogP contribution in [0.3, 0.4) is 0 Å². The van der Waals surface area contributed by atoms with E-state index in [9.17, 15) is 5.26 Å². The van der Waals surface area contributed by atoms with E-state index >= 15 is 0 Å². The minimum atomic E-state index is 0.601. The SMILES string of the molecule is [C-]#[N+]c1ccc2c(c1)c1ccccc1n2-c1ccc(-c2ccc(-n3c4ccccc4c4ccc(-n5c6ccccc6c6ccccc65)cc43)c(C#N)c2)cc1. The molecule has 0 fully saturated rings. The molecule has 0 amide bonds. The van der Waals surface area contributed by atoms with E-state index in [0.29, 0.717) is 11.3 Å². The highest BCUT2D eigenvalue weighted by atomic mass is 15.0. The van der Waals surface area contributed by atoms with Crippen molar-refractivity contribution in [2.45, 2.75) is 0 Å². The summed E-state index contributed by atoms with van der Waals surface area (Å²) in [6, 6.07) is 63.8. The molecule has 0 aliphatic heterocycles. The predicted octanol–water partition coefficient (Wildman–Crippen LogP) is 13.1. The zero-order valence-corrected chi connectivity index (χ0v) is 29.5. The number of rotatable bonds is 4. The third-order valence-corrected chi connectivity index (χ3v) is 11.1. The third kappa shape index (κ3) is 4.51. The molecular formula is C50H29N5. The van der Waals surface area contributed by atoms with Gasteiger partial charge in [-0.3, -0.25) is 0 Å². The van der Waals surface area contributed by atoms with E-state index in [-0.39, 0.29) is 0 Å². The van der Waals surface area contributed by atoms with Crippen LogP contribution in [-0.4, -0.2) is 13.7 Å². The highest BCUT2D eigenvalue weighted by Crippen LogP contribution is 2.39. The second-order valence-corrected chi connectivity index (χ2v) is 14.0. The molecule has 0 aliphatic rings. The van der Waals surface area contributed by atoms with Crippen LogP contribution in [-0.2, 0) is 0 Å². The molecule has 3 heterocycles. The number of hydrogen-bond donors (Lipinski definition) is 0. The molecular weight excluding hydrogens is 671 g/mol. The van der Waals surface area contributed by atoms with Gasteiger partial charge in [0.05, 0.1) is 50.9 Å². The fraction of sp³-hybridized carbons (Fsp3) is 0. The molecule has 0 aliphatic carbocycles. The average Bonchev–Trinajstić information content (AvgIpc) is 3.88. The van der Waals surface area contributed by atoms with Gasteiger partial charge >= 0.3 is 0 Å². The van der Waals surface area contributed by atoms with Crippen LogP contribution < -0.4 is 0 Å². The smallest absolute Gasteiger partial charge is 0.188 e. The maximum atomic E-state index is 10.7. The lowest BCUT2D eigenvalue weighted by atomic mass is 10.0. The number of para-hydroxylation sites is 4. The zero-order chi connectivity index (χ0) is 36.6. The number of nitriles is 1. The molecule has 11 rings (SSSR count). The Hall–Kier alpha value is -7.86. The first-order valence-electron chi connectivity index (χ1n) is 18.3. The van der Waals surface area contributed by atoms with Gasteiger partial charge in [0.2, 0.25) is 0 Å². The molecule has 5 nitrogen and oxygen atoms in total. The Morgan fingerprint density at radius 1 is 0.400 bits per heavy atom. The summed E-state index contributed by atoms with van der Waals surface area (Å²) in [5, 5.41) is 17.6. The summed E-state index contributed by atoms with van der Waals surface area (Å²) in [5.74, 6) is 0. The molecule has 0 atom stereocenters. The van der Waals surface area contributed by atoms with E-state index in [0.717, 1.165) is 82.8 Å². The molecule has 0 bridgehead atoms. The maximum absolute atomic E-state index is 10.7. The molecule has 55 heavy (non-hydrogen) atoms. The Morgan fingerprint density at radius 2 is 0.891 bits per heavy atom. The molecule has 8 aromatic carbocycles. The van der Waals surface area contributed by atoms with E-state index in [1.807, 2.05) is 30.3 Å². The second-order valence-electron chi connectivity index (χ2n) is 14.0. The average molecular weight is 700 g/mol. The molecule has 0 saturated heterocycles. The Balaban J connectivity index is 1.04. The van der Waals surface area contributed by atoms with Gasteiger partial charge in [0.1, 0.15) is 6.07 Å². The van der Waals surface area contributed by atoms with Gasteiger partial charge in [-0.2, -0.15) is 5.26 Å². The van der Waals surface area contributed by atoms with E-state index in [2.05, 4.69) is 170 Å². The standard InChI is InChI=1S/C50H29N5/c1-52-35-21-27-49-43(29-35)41-13-5-8-16-47(41)53(49)36-22-18-32(19-23-36)33-20-26-44(34(28-33)31-51)55-48-17-9-4-12-40(48)42-25-24-37(30-50(42)55)54-45-14-6-2-10-38(45)39-11-3-7-15-46(39)54/h2-30H. The first-order valence-corrected chi connectivity index (χ1v) is 18.3. The van der Waals surface area contributed by atoms with Crippen molar-refractivity contribution >= 4 is 71.1 Å². The monoisotopic (exact) mass is 699 g/mol. The lowest BCUT2D eigenvalue weighted by Gasteiger charge is -2.14. The second kappa shape index (κ2) is 11.8. The molecule has 11 aromatic rings. The Bertz CT molecular complexity index is 3400. The van der Waals surface area contributed by atoms with Crippen LogP contribution in [0.4, 0.5) is 5.69 Å². The van der Waals surface area contributed by atoms with Crippen LogP contribution in [0.5, 0.6) is 0 Å². The first-order chi connectivity index (χ1) is 27.2. The van der Waals surface area contributed by atoms with Gasteiger partial charge in [-0.15, -0.1) is 0 Å². The van der Waals surface area contributed by atoms with Crippen LogP contribution in [0.15, 0.2) is 176 Å². The van der Waals surface area contributed by atoms with Gasteiger partial charge in [0.25, 0.3) is 0 Å². The zero-order valence-electron chi connectivity index (χ0n) is 29.5. The number of benzene rings is 8. The Kier molecular flexibility index (Phi) is 6.61. The topological polar surface area (TPSA) is 42.9 Å². The van der Waals surface area contributed by atoms with E-state index in [1.54, 1.807) is 0 Å². The summed E-state index contributed by atoms with van der Waals surface area (Å²) in [6.45, 7) is 7.54. The van der Waals surface area contributed by atoms with Gasteiger partial charge in [-0.1, -0.05) is 103 Å². The quantitative estimate of drug-likeness (QED) is 0.169. The van der Waals surface area contributed by atoms with Crippen molar-refractivity contribution in [3.05, 3.63) is 193 Å². The first kappa shape index (κ1) is 30.7. The molecule has 3 aromatic heterocycles. The number of nitrogens with zero attached hydrogens (tertiary/aromatic N) is 5. The van der Waals surface area contributed by atoms with E-state index in [1.165, 1.54) is 10.8 Å². The van der Waals surface area contributed by atoms with Crippen LogP contribution in [0, 0.1) is 17.9 Å². The lowest BCUT2D eigenvalue weighted by Crippen LogP contribution is -1.99. The highest BCUT2D eigenvalue weighted by Gasteiger charge is 2.19. The summed E-state index contributed by atoms with van der Waals surface area (Å²) in [6.07, 6.45) is 0. The Morgan fingerprint density at radius 3 is 1.49 bits per heavy atom. The largest absolute Gasteiger partial charge is 0.309 e. The minimum Gasteiger partial charge on any atom is -0.309 e. The van der Waals surface area contributed by atoms with Crippen LogP contribution in [0.1, 0.15) is 5.56 Å². The molecule has 0 spiro atoms. The van der Waals surface area contributed by atoms with Gasteiger partial charge in [0, 0.05) is 38.3 Å². The minimum absolute atomic E-state index is 0.601. The number of aromatic nitrogens is 3. The van der Waals surface area contributed by atoms with Crippen molar-refractivity contribution in [1.29, 1.82) is 5.26 Å². The van der Waals surface area contributed by atoms with Crippen molar-refractivity contribution in [1.82, 2.24) is 13.7 Å². The summed E-state index contributed by atoms with van der Waals surface area (Å²) in [4.78, 5) is 3.67. The van der Waals surface area contributed by atoms with E-state index < -0.39 is 0 Å². The van der Waals surface area contributed by atoms with Crippen molar-refractivity contribution in [2.75, 3.05) is 0 Å². The summed E-state index contributed by atoms with van der Waals surface area (Å²) in [7, 11) is 0. The van der Waals surface area contributed by atoms with E-state index in [4.69, 9.17) is 6.57 Å². The van der Waals surface area contributed by atoms with Crippen molar-refractivity contribution in [3.8, 4) is 34.3 Å². The molecule has 0 N–H and O–H groups in total. The van der Waals surface area contributed by atoms with Crippen molar-refractivity contribution in [2.24, 2.45) is 0 Å². The third-order valence-electron chi connectivity index (χ3n) is 11.1. The van der Waals surface area contributed by atoms with Gasteiger partial charge in [0.15, 0.2) is 5.69 Å². The fourth-order valence-electron chi connectivity index (χ4n) is 8.67. The van der Waals surface area contributed by atoms with Crippen LogP contribution in [0.25, 0.3) is 98.5 Å². The van der Waals surface area contributed by atoms with Crippen molar-refractivity contribution < 1.29 is 0 Å². The summed E-state index contributed by atoms with van der Waals surface area (Å²) in [5.41, 5.74) is 12.8. The molecule has 0 unspecified atom stereocenters. The van der Waals surface area contributed by atoms with Gasteiger partial charge in [-0.25, -0.2) is 4.85 Å². The van der Waals surface area contributed by atoms with Gasteiger partial charge < -0.3 is 13.7 Å². The normalized spacial score (nSPS) is 11.6. The molecule has 5 heteroatoms. The Labute approximate surface area is 316 Å². The number of hydrogen-bond acceptors (Lipinski definition) is 1. The maximum Gasteiger partial charge on any atom is 0.188 e. The lowest BCUT2D eigenvalue weighted by molar-refractivity contribution is 1.15. The van der Waals surface area contributed by atoms with Crippen molar-refractivity contribution in [3.63, 3.8) is 0 Å². The summed E-state index contributed by atoms with van der Waals surface area (Å²) < 4.78 is 6.84. The molecule has 0 radical (unpaired) electrons. The van der Waals surface area contributed by atoms with Crippen LogP contribution in [0.2, 0.25) is 0 Å².